The molecule has 0 saturated heterocycles. The van der Waals surface area contributed by atoms with Crippen LogP contribution in [0.25, 0.3) is 0 Å². The fourth-order valence-corrected chi connectivity index (χ4v) is 1.73. The van der Waals surface area contributed by atoms with Crippen molar-refractivity contribution in [2.24, 2.45) is 0 Å². The first-order valence-corrected chi connectivity index (χ1v) is 7.00. The molecule has 0 aliphatic rings. The van der Waals surface area contributed by atoms with Crippen molar-refractivity contribution in [3.8, 4) is 0 Å². The number of rotatable bonds is 3. The van der Waals surface area contributed by atoms with Crippen LogP contribution in [0.4, 0.5) is 5.69 Å². The van der Waals surface area contributed by atoms with E-state index in [1.807, 2.05) is 0 Å². The summed E-state index contributed by atoms with van der Waals surface area (Å²) in [4.78, 5) is 11.5. The number of amides is 1. The number of benzene rings is 1. The molecule has 1 amide bonds. The van der Waals surface area contributed by atoms with Crippen molar-refractivity contribution in [3.63, 3.8) is 0 Å². The Hall–Kier alpha value is -1.01. The smallest absolute Gasteiger partial charge is 0.236 e. The fraction of sp³-hybridized carbons (Fsp3) is 0.300. The van der Waals surface area contributed by atoms with E-state index in [2.05, 4.69) is 17.9 Å². The third-order valence-corrected chi connectivity index (χ3v) is 3.29. The molecule has 0 aliphatic carbocycles. The SMILES string of the molecule is CC(S)C(=O)Nc1ccc(S(C)(=O)=O)cc1. The Kier molecular flexibility index (Phi) is 3.98. The molecule has 16 heavy (non-hydrogen) atoms. The van der Waals surface area contributed by atoms with Gasteiger partial charge in [-0.2, -0.15) is 12.6 Å². The van der Waals surface area contributed by atoms with Crippen LogP contribution < -0.4 is 5.32 Å². The van der Waals surface area contributed by atoms with Gasteiger partial charge in [0, 0.05) is 11.9 Å². The molecule has 1 N–H and O–H groups in total. The Bertz CT molecular complexity index is 477. The molecule has 0 saturated carbocycles. The normalized spacial score (nSPS) is 13.2. The highest BCUT2D eigenvalue weighted by Crippen LogP contribution is 2.14. The third kappa shape index (κ3) is 3.53. The molecule has 1 atom stereocenters. The van der Waals surface area contributed by atoms with Gasteiger partial charge < -0.3 is 5.32 Å². The van der Waals surface area contributed by atoms with Crippen molar-refractivity contribution in [1.29, 1.82) is 0 Å². The Morgan fingerprint density at radius 1 is 1.31 bits per heavy atom. The summed E-state index contributed by atoms with van der Waals surface area (Å²) in [5.41, 5.74) is 0.554. The molecule has 4 nitrogen and oxygen atoms in total. The second-order valence-corrected chi connectivity index (χ2v) is 6.25. The summed E-state index contributed by atoms with van der Waals surface area (Å²) in [6.45, 7) is 1.66. The lowest BCUT2D eigenvalue weighted by atomic mass is 10.3. The zero-order valence-corrected chi connectivity index (χ0v) is 10.7. The number of thiol groups is 1. The summed E-state index contributed by atoms with van der Waals surface area (Å²) in [7, 11) is -3.19. The molecule has 1 unspecified atom stereocenters. The van der Waals surface area contributed by atoms with Gasteiger partial charge in [0.2, 0.25) is 5.91 Å². The number of sulfone groups is 1. The van der Waals surface area contributed by atoms with Gasteiger partial charge >= 0.3 is 0 Å². The van der Waals surface area contributed by atoms with Crippen LogP contribution >= 0.6 is 12.6 Å². The first kappa shape index (κ1) is 13.1. The van der Waals surface area contributed by atoms with Crippen molar-refractivity contribution >= 4 is 34.1 Å². The number of nitrogens with one attached hydrogen (secondary N) is 1. The molecule has 88 valence electrons. The highest BCUT2D eigenvalue weighted by atomic mass is 32.2. The number of hydrogen-bond donors (Lipinski definition) is 2. The standard InChI is InChI=1S/C10H13NO3S2/c1-7(15)10(12)11-8-3-5-9(6-4-8)16(2,13)14/h3-7,15H,1-2H3,(H,11,12). The van der Waals surface area contributed by atoms with E-state index in [-0.39, 0.29) is 10.8 Å². The minimum Gasteiger partial charge on any atom is -0.325 e. The molecule has 0 radical (unpaired) electrons. The topological polar surface area (TPSA) is 63.2 Å². The van der Waals surface area contributed by atoms with Gasteiger partial charge in [0.25, 0.3) is 0 Å². The zero-order chi connectivity index (χ0) is 12.3. The number of carbonyl (C=O) groups excluding carboxylic acids is 1. The minimum atomic E-state index is -3.19. The predicted octanol–water partition coefficient (Wildman–Crippen LogP) is 1.35. The highest BCUT2D eigenvalue weighted by molar-refractivity contribution is 7.90. The molecule has 0 fully saturated rings. The Morgan fingerprint density at radius 3 is 2.19 bits per heavy atom. The van der Waals surface area contributed by atoms with Gasteiger partial charge in [-0.3, -0.25) is 4.79 Å². The molecular weight excluding hydrogens is 246 g/mol. The van der Waals surface area contributed by atoms with E-state index < -0.39 is 15.1 Å². The molecule has 0 aliphatic heterocycles. The molecule has 0 aromatic heterocycles. The molecule has 0 bridgehead atoms. The quantitative estimate of drug-likeness (QED) is 0.805. The second kappa shape index (κ2) is 4.88. The van der Waals surface area contributed by atoms with Crippen molar-refractivity contribution in [1.82, 2.24) is 0 Å². The molecule has 1 rings (SSSR count). The molecule has 6 heteroatoms. The molecule has 1 aromatic carbocycles. The maximum Gasteiger partial charge on any atom is 0.236 e. The second-order valence-electron chi connectivity index (χ2n) is 3.46. The molecule has 0 heterocycles. The maximum atomic E-state index is 11.3. The first-order valence-electron chi connectivity index (χ1n) is 4.60. The summed E-state index contributed by atoms with van der Waals surface area (Å²) >= 11 is 3.98. The number of anilines is 1. The third-order valence-electron chi connectivity index (χ3n) is 1.93. The Labute approximate surface area is 100 Å². The maximum absolute atomic E-state index is 11.3. The van der Waals surface area contributed by atoms with E-state index in [0.29, 0.717) is 5.69 Å². The van der Waals surface area contributed by atoms with E-state index in [0.717, 1.165) is 6.26 Å². The van der Waals surface area contributed by atoms with Crippen molar-refractivity contribution < 1.29 is 13.2 Å². The van der Waals surface area contributed by atoms with Crippen LogP contribution in [-0.4, -0.2) is 25.8 Å². The van der Waals surface area contributed by atoms with Crippen LogP contribution in [0.3, 0.4) is 0 Å². The molecular formula is C10H13NO3S2. The van der Waals surface area contributed by atoms with Crippen molar-refractivity contribution in [3.05, 3.63) is 24.3 Å². The summed E-state index contributed by atoms with van der Waals surface area (Å²) < 4.78 is 22.4. The lowest BCUT2D eigenvalue weighted by Gasteiger charge is -2.07. The monoisotopic (exact) mass is 259 g/mol. The largest absolute Gasteiger partial charge is 0.325 e. The van der Waals surface area contributed by atoms with Crippen molar-refractivity contribution in [2.75, 3.05) is 11.6 Å². The van der Waals surface area contributed by atoms with Gasteiger partial charge in [-0.25, -0.2) is 8.42 Å². The summed E-state index contributed by atoms with van der Waals surface area (Å²) in [6.07, 6.45) is 1.14. The van der Waals surface area contributed by atoms with Gasteiger partial charge in [-0.05, 0) is 31.2 Å². The van der Waals surface area contributed by atoms with Crippen LogP contribution in [0.5, 0.6) is 0 Å². The van der Waals surface area contributed by atoms with E-state index in [1.54, 1.807) is 19.1 Å². The predicted molar refractivity (Wildman–Crippen MR) is 66.6 cm³/mol. The highest BCUT2D eigenvalue weighted by Gasteiger charge is 2.09. The Balaban J connectivity index is 2.84. The van der Waals surface area contributed by atoms with Crippen LogP contribution in [0.15, 0.2) is 29.2 Å². The summed E-state index contributed by atoms with van der Waals surface area (Å²) in [6, 6.07) is 6.00. The first-order chi connectivity index (χ1) is 7.30. The average molecular weight is 259 g/mol. The fourth-order valence-electron chi connectivity index (χ4n) is 1.03. The van der Waals surface area contributed by atoms with Gasteiger partial charge in [-0.15, -0.1) is 0 Å². The minimum absolute atomic E-state index is 0.226. The van der Waals surface area contributed by atoms with Gasteiger partial charge in [-0.1, -0.05) is 0 Å². The van der Waals surface area contributed by atoms with Gasteiger partial charge in [0.1, 0.15) is 0 Å². The summed E-state index contributed by atoms with van der Waals surface area (Å²) in [5, 5.41) is 2.20. The van der Waals surface area contributed by atoms with E-state index in [4.69, 9.17) is 0 Å². The molecule has 1 aromatic rings. The zero-order valence-electron chi connectivity index (χ0n) is 8.97. The lowest BCUT2D eigenvalue weighted by Crippen LogP contribution is -2.20. The van der Waals surface area contributed by atoms with Gasteiger partial charge in [0.05, 0.1) is 10.1 Å². The average Bonchev–Trinajstić information content (AvgIpc) is 2.17. The molecule has 0 spiro atoms. The van der Waals surface area contributed by atoms with Crippen molar-refractivity contribution in [2.45, 2.75) is 17.1 Å². The van der Waals surface area contributed by atoms with Crippen LogP contribution in [0, 0.1) is 0 Å². The van der Waals surface area contributed by atoms with E-state index in [9.17, 15) is 13.2 Å². The van der Waals surface area contributed by atoms with Crippen LogP contribution in [-0.2, 0) is 14.6 Å². The lowest BCUT2D eigenvalue weighted by molar-refractivity contribution is -0.115. The van der Waals surface area contributed by atoms with Gasteiger partial charge in [0.15, 0.2) is 9.84 Å². The number of carbonyl (C=O) groups is 1. The van der Waals surface area contributed by atoms with E-state index in [1.165, 1.54) is 12.1 Å². The van der Waals surface area contributed by atoms with Crippen LogP contribution in [0.1, 0.15) is 6.92 Å². The van der Waals surface area contributed by atoms with E-state index >= 15 is 0 Å². The number of hydrogen-bond acceptors (Lipinski definition) is 4. The Morgan fingerprint density at radius 2 is 1.81 bits per heavy atom. The van der Waals surface area contributed by atoms with Crippen LogP contribution in [0.2, 0.25) is 0 Å². The summed E-state index contributed by atoms with van der Waals surface area (Å²) in [5.74, 6) is -0.226.